The van der Waals surface area contributed by atoms with E-state index < -0.39 is 0 Å². The zero-order valence-corrected chi connectivity index (χ0v) is 7.81. The molecule has 1 rings (SSSR count). The van der Waals surface area contributed by atoms with Crippen molar-refractivity contribution in [3.05, 3.63) is 0 Å². The molecule has 0 amide bonds. The third kappa shape index (κ3) is 1.94. The highest BCUT2D eigenvalue weighted by molar-refractivity contribution is 4.95. The Labute approximate surface area is 69.3 Å². The third-order valence-corrected chi connectivity index (χ3v) is 2.74. The molecule has 1 aliphatic rings. The summed E-state index contributed by atoms with van der Waals surface area (Å²) in [7, 11) is 1.82. The van der Waals surface area contributed by atoms with Crippen LogP contribution >= 0.6 is 0 Å². The highest BCUT2D eigenvalue weighted by Gasteiger charge is 2.37. The topological polar surface area (TPSA) is 21.3 Å². The fraction of sp³-hybridized carbons (Fsp3) is 1.00. The average Bonchev–Trinajstić information content (AvgIpc) is 1.96. The van der Waals surface area contributed by atoms with Crippen LogP contribution in [0.4, 0.5) is 0 Å². The minimum atomic E-state index is 0.176. The summed E-state index contributed by atoms with van der Waals surface area (Å²) in [6.45, 7) is 6.60. The van der Waals surface area contributed by atoms with Crippen molar-refractivity contribution in [2.24, 2.45) is 5.92 Å². The molecule has 66 valence electrons. The number of hydrogen-bond donors (Lipinski definition) is 1. The van der Waals surface area contributed by atoms with E-state index in [-0.39, 0.29) is 5.60 Å². The zero-order chi connectivity index (χ0) is 8.32. The molecule has 0 radical (unpaired) electrons. The van der Waals surface area contributed by atoms with Crippen molar-refractivity contribution in [1.82, 2.24) is 5.32 Å². The van der Waals surface area contributed by atoms with Gasteiger partial charge in [-0.05, 0) is 12.3 Å². The first-order valence-electron chi connectivity index (χ1n) is 4.48. The Morgan fingerprint density at radius 3 is 2.45 bits per heavy atom. The second-order valence-electron chi connectivity index (χ2n) is 3.71. The van der Waals surface area contributed by atoms with Crippen LogP contribution < -0.4 is 5.32 Å². The highest BCUT2D eigenvalue weighted by atomic mass is 16.5. The lowest BCUT2D eigenvalue weighted by atomic mass is 9.85. The number of methoxy groups -OCH3 is 1. The van der Waals surface area contributed by atoms with Crippen LogP contribution in [0.25, 0.3) is 0 Å². The molecule has 2 heteroatoms. The fourth-order valence-corrected chi connectivity index (χ4v) is 1.56. The van der Waals surface area contributed by atoms with E-state index in [0.29, 0.717) is 0 Å². The van der Waals surface area contributed by atoms with E-state index in [2.05, 4.69) is 19.2 Å². The lowest BCUT2D eigenvalue weighted by molar-refractivity contribution is -0.0665. The molecule has 1 unspecified atom stereocenters. The van der Waals surface area contributed by atoms with Crippen LogP contribution in [0.5, 0.6) is 0 Å². The molecular weight excluding hydrogens is 138 g/mol. The van der Waals surface area contributed by atoms with Crippen molar-refractivity contribution in [2.45, 2.75) is 32.3 Å². The van der Waals surface area contributed by atoms with Crippen molar-refractivity contribution in [3.8, 4) is 0 Å². The molecular formula is C9H19NO. The van der Waals surface area contributed by atoms with Crippen LogP contribution in [-0.2, 0) is 4.74 Å². The summed E-state index contributed by atoms with van der Waals surface area (Å²) in [6, 6.07) is 0. The summed E-state index contributed by atoms with van der Waals surface area (Å²) < 4.78 is 5.48. The number of ether oxygens (including phenoxy) is 1. The quantitative estimate of drug-likeness (QED) is 0.666. The summed E-state index contributed by atoms with van der Waals surface area (Å²) in [5, 5.41) is 3.26. The highest BCUT2D eigenvalue weighted by Crippen LogP contribution is 2.25. The maximum atomic E-state index is 5.48. The minimum Gasteiger partial charge on any atom is -0.376 e. The molecule has 0 aliphatic carbocycles. The van der Waals surface area contributed by atoms with Gasteiger partial charge >= 0.3 is 0 Å². The van der Waals surface area contributed by atoms with E-state index in [4.69, 9.17) is 4.74 Å². The van der Waals surface area contributed by atoms with Gasteiger partial charge < -0.3 is 10.1 Å². The van der Waals surface area contributed by atoms with Crippen molar-refractivity contribution >= 4 is 0 Å². The SMILES string of the molecule is CCC(C)CC1(OC)CNC1. The van der Waals surface area contributed by atoms with Crippen LogP contribution in [0.1, 0.15) is 26.7 Å². The molecule has 0 aromatic heterocycles. The Morgan fingerprint density at radius 2 is 2.18 bits per heavy atom. The average molecular weight is 157 g/mol. The zero-order valence-electron chi connectivity index (χ0n) is 7.81. The number of rotatable bonds is 4. The molecule has 1 N–H and O–H groups in total. The van der Waals surface area contributed by atoms with Crippen LogP contribution in [0.2, 0.25) is 0 Å². The maximum absolute atomic E-state index is 5.48. The van der Waals surface area contributed by atoms with Crippen molar-refractivity contribution in [1.29, 1.82) is 0 Å². The van der Waals surface area contributed by atoms with Crippen molar-refractivity contribution < 1.29 is 4.74 Å². The van der Waals surface area contributed by atoms with Crippen LogP contribution in [0.15, 0.2) is 0 Å². The maximum Gasteiger partial charge on any atom is 0.0928 e. The Hall–Kier alpha value is -0.0800. The van der Waals surface area contributed by atoms with Crippen LogP contribution in [-0.4, -0.2) is 25.8 Å². The fourth-order valence-electron chi connectivity index (χ4n) is 1.56. The summed E-state index contributed by atoms with van der Waals surface area (Å²) >= 11 is 0. The van der Waals surface area contributed by atoms with Crippen LogP contribution in [0.3, 0.4) is 0 Å². The standard InChI is InChI=1S/C9H19NO/c1-4-8(2)5-9(11-3)6-10-7-9/h8,10H,4-7H2,1-3H3. The molecule has 0 saturated carbocycles. The minimum absolute atomic E-state index is 0.176. The van der Waals surface area contributed by atoms with Gasteiger partial charge in [0.25, 0.3) is 0 Å². The monoisotopic (exact) mass is 157 g/mol. The first-order valence-corrected chi connectivity index (χ1v) is 4.48. The van der Waals surface area contributed by atoms with Crippen molar-refractivity contribution in [2.75, 3.05) is 20.2 Å². The Balaban J connectivity index is 2.32. The van der Waals surface area contributed by atoms with Gasteiger partial charge in [0.2, 0.25) is 0 Å². The van der Waals surface area contributed by atoms with Crippen molar-refractivity contribution in [3.63, 3.8) is 0 Å². The Morgan fingerprint density at radius 1 is 1.55 bits per heavy atom. The molecule has 1 heterocycles. The third-order valence-electron chi connectivity index (χ3n) is 2.74. The van der Waals surface area contributed by atoms with Gasteiger partial charge in [-0.3, -0.25) is 0 Å². The first kappa shape index (κ1) is 9.01. The Kier molecular flexibility index (Phi) is 2.90. The number of nitrogens with one attached hydrogen (secondary N) is 1. The largest absolute Gasteiger partial charge is 0.376 e. The van der Waals surface area contributed by atoms with E-state index in [1.165, 1.54) is 12.8 Å². The molecule has 11 heavy (non-hydrogen) atoms. The van der Waals surface area contributed by atoms with Gasteiger partial charge in [0, 0.05) is 20.2 Å². The predicted molar refractivity (Wildman–Crippen MR) is 46.7 cm³/mol. The summed E-state index contributed by atoms with van der Waals surface area (Å²) in [6.07, 6.45) is 2.46. The van der Waals surface area contributed by atoms with E-state index in [1.807, 2.05) is 7.11 Å². The Bertz CT molecular complexity index is 115. The molecule has 1 atom stereocenters. The van der Waals surface area contributed by atoms with Crippen LogP contribution in [0, 0.1) is 5.92 Å². The summed E-state index contributed by atoms with van der Waals surface area (Å²) in [4.78, 5) is 0. The predicted octanol–water partition coefficient (Wildman–Crippen LogP) is 1.41. The molecule has 1 saturated heterocycles. The van der Waals surface area contributed by atoms with E-state index in [0.717, 1.165) is 19.0 Å². The molecule has 0 aromatic carbocycles. The molecule has 0 spiro atoms. The van der Waals surface area contributed by atoms with Gasteiger partial charge in [-0.1, -0.05) is 20.3 Å². The van der Waals surface area contributed by atoms with Gasteiger partial charge in [0.05, 0.1) is 5.60 Å². The van der Waals surface area contributed by atoms with Gasteiger partial charge in [-0.25, -0.2) is 0 Å². The molecule has 1 fully saturated rings. The molecule has 0 bridgehead atoms. The lowest BCUT2D eigenvalue weighted by Crippen LogP contribution is -2.61. The van der Waals surface area contributed by atoms with E-state index in [1.54, 1.807) is 0 Å². The summed E-state index contributed by atoms with van der Waals surface area (Å²) in [5.74, 6) is 0.789. The van der Waals surface area contributed by atoms with Gasteiger partial charge in [-0.2, -0.15) is 0 Å². The van der Waals surface area contributed by atoms with E-state index >= 15 is 0 Å². The molecule has 0 aromatic rings. The number of hydrogen-bond acceptors (Lipinski definition) is 2. The lowest BCUT2D eigenvalue weighted by Gasteiger charge is -2.42. The van der Waals surface area contributed by atoms with Gasteiger partial charge in [0.1, 0.15) is 0 Å². The van der Waals surface area contributed by atoms with Gasteiger partial charge in [0.15, 0.2) is 0 Å². The first-order chi connectivity index (χ1) is 5.22. The smallest absolute Gasteiger partial charge is 0.0928 e. The second kappa shape index (κ2) is 3.55. The molecule has 1 aliphatic heterocycles. The molecule has 2 nitrogen and oxygen atoms in total. The second-order valence-corrected chi connectivity index (χ2v) is 3.71. The summed E-state index contributed by atoms with van der Waals surface area (Å²) in [5.41, 5.74) is 0.176. The normalized spacial score (nSPS) is 24.3. The van der Waals surface area contributed by atoms with E-state index in [9.17, 15) is 0 Å². The van der Waals surface area contributed by atoms with Gasteiger partial charge in [-0.15, -0.1) is 0 Å².